The Morgan fingerprint density at radius 1 is 1.12 bits per heavy atom. The summed E-state index contributed by atoms with van der Waals surface area (Å²) >= 11 is 0. The van der Waals surface area contributed by atoms with E-state index in [4.69, 9.17) is 9.47 Å². The fraction of sp³-hybridized carbons (Fsp3) is 0.571. The van der Waals surface area contributed by atoms with Crippen LogP contribution in [0, 0.1) is 5.92 Å². The van der Waals surface area contributed by atoms with E-state index in [-0.39, 0.29) is 5.92 Å². The van der Waals surface area contributed by atoms with Crippen LogP contribution >= 0.6 is 0 Å². The summed E-state index contributed by atoms with van der Waals surface area (Å²) in [6.07, 6.45) is 7.43. The third kappa shape index (κ3) is 4.17. The number of carbonyl (C=O) groups excluding carboxylic acids is 1. The summed E-state index contributed by atoms with van der Waals surface area (Å²) in [5.41, 5.74) is 1.86. The molecule has 3 saturated heterocycles. The van der Waals surface area contributed by atoms with Crippen LogP contribution in [0.25, 0.3) is 6.08 Å². The zero-order valence-electron chi connectivity index (χ0n) is 15.4. The molecule has 0 aliphatic carbocycles. The van der Waals surface area contributed by atoms with Crippen molar-refractivity contribution in [3.05, 3.63) is 29.5 Å². The number of hydrogen-bond acceptors (Lipinski definition) is 4. The lowest BCUT2D eigenvalue weighted by Crippen LogP contribution is -2.45. The quantitative estimate of drug-likeness (QED) is 0.521. The van der Waals surface area contributed by atoms with Crippen LogP contribution in [0.4, 0.5) is 0 Å². The van der Waals surface area contributed by atoms with Gasteiger partial charge in [0.1, 0.15) is 0 Å². The van der Waals surface area contributed by atoms with Gasteiger partial charge in [-0.05, 0) is 50.0 Å². The maximum atomic E-state index is 12.5. The Balaban J connectivity index is 1.77. The molecule has 0 saturated carbocycles. The number of allylic oxidation sites excluding steroid dienone is 1. The molecular formula is C21H29NO3. The molecule has 2 bridgehead atoms. The molecule has 4 heteroatoms. The minimum absolute atomic E-state index is 0.226. The van der Waals surface area contributed by atoms with E-state index in [1.165, 1.54) is 12.8 Å². The Bertz CT molecular complexity index is 630. The number of hydrogen-bond donors (Lipinski definition) is 0. The maximum absolute atomic E-state index is 12.5. The van der Waals surface area contributed by atoms with Crippen molar-refractivity contribution < 1.29 is 14.3 Å². The maximum Gasteiger partial charge on any atom is 0.182 e. The van der Waals surface area contributed by atoms with Crippen LogP contribution in [0.5, 0.6) is 11.5 Å². The van der Waals surface area contributed by atoms with Crippen molar-refractivity contribution in [2.45, 2.75) is 46.0 Å². The second-order valence-electron chi connectivity index (χ2n) is 6.85. The topological polar surface area (TPSA) is 38.8 Å². The Morgan fingerprint density at radius 2 is 1.92 bits per heavy atom. The first-order chi connectivity index (χ1) is 12.2. The van der Waals surface area contributed by atoms with Gasteiger partial charge in [0.05, 0.1) is 18.9 Å². The number of piperidine rings is 3. The predicted octanol–water partition coefficient (Wildman–Crippen LogP) is 4.29. The van der Waals surface area contributed by atoms with Crippen LogP contribution in [-0.2, 0) is 4.79 Å². The highest BCUT2D eigenvalue weighted by atomic mass is 16.5. The second-order valence-corrected chi connectivity index (χ2v) is 6.85. The summed E-state index contributed by atoms with van der Waals surface area (Å²) < 4.78 is 11.6. The summed E-state index contributed by atoms with van der Waals surface area (Å²) in [4.78, 5) is 14.7. The molecular weight excluding hydrogens is 314 g/mol. The number of ketones is 1. The van der Waals surface area contributed by atoms with Crippen LogP contribution < -0.4 is 9.47 Å². The van der Waals surface area contributed by atoms with Gasteiger partial charge in [0.2, 0.25) is 0 Å². The Kier molecular flexibility index (Phi) is 6.00. The van der Waals surface area contributed by atoms with Gasteiger partial charge in [0, 0.05) is 19.0 Å². The van der Waals surface area contributed by atoms with E-state index < -0.39 is 0 Å². The number of fused-ring (bicyclic) bond motifs is 3. The van der Waals surface area contributed by atoms with E-state index >= 15 is 0 Å². The summed E-state index contributed by atoms with van der Waals surface area (Å²) in [7, 11) is 0. The highest BCUT2D eigenvalue weighted by Crippen LogP contribution is 2.34. The Morgan fingerprint density at radius 3 is 2.60 bits per heavy atom. The molecule has 4 rings (SSSR count). The average molecular weight is 343 g/mol. The molecule has 25 heavy (non-hydrogen) atoms. The zero-order valence-corrected chi connectivity index (χ0v) is 15.4. The van der Waals surface area contributed by atoms with Gasteiger partial charge in [-0.2, -0.15) is 0 Å². The van der Waals surface area contributed by atoms with Gasteiger partial charge >= 0.3 is 0 Å². The highest BCUT2D eigenvalue weighted by molar-refractivity contribution is 6.01. The summed E-state index contributed by atoms with van der Waals surface area (Å²) in [5.74, 6) is 2.08. The first-order valence-electron chi connectivity index (χ1n) is 9.63. The molecule has 3 aliphatic rings. The number of unbranched alkanes of at least 4 members (excludes halogenated alkanes) is 2. The van der Waals surface area contributed by atoms with Crippen LogP contribution in [-0.4, -0.2) is 37.0 Å². The van der Waals surface area contributed by atoms with Crippen LogP contribution in [0.3, 0.4) is 0 Å². The van der Waals surface area contributed by atoms with E-state index in [0.29, 0.717) is 19.0 Å². The van der Waals surface area contributed by atoms with Gasteiger partial charge in [-0.3, -0.25) is 4.79 Å². The summed E-state index contributed by atoms with van der Waals surface area (Å²) in [6, 6.07) is 5.97. The first kappa shape index (κ1) is 17.8. The van der Waals surface area contributed by atoms with Crippen molar-refractivity contribution in [1.29, 1.82) is 0 Å². The second kappa shape index (κ2) is 8.41. The van der Waals surface area contributed by atoms with Gasteiger partial charge in [-0.25, -0.2) is 0 Å². The van der Waals surface area contributed by atoms with Gasteiger partial charge in [0.15, 0.2) is 17.3 Å². The average Bonchev–Trinajstić information content (AvgIpc) is 2.64. The lowest BCUT2D eigenvalue weighted by atomic mass is 9.84. The van der Waals surface area contributed by atoms with Crippen molar-refractivity contribution in [2.75, 3.05) is 26.3 Å². The third-order valence-electron chi connectivity index (χ3n) is 5.04. The molecule has 1 aromatic rings. The van der Waals surface area contributed by atoms with Crippen LogP contribution in [0.2, 0.25) is 0 Å². The van der Waals surface area contributed by atoms with E-state index in [0.717, 1.165) is 55.1 Å². The van der Waals surface area contributed by atoms with E-state index in [1.807, 2.05) is 31.2 Å². The molecule has 0 aromatic heterocycles. The van der Waals surface area contributed by atoms with Gasteiger partial charge in [0.25, 0.3) is 0 Å². The number of ether oxygens (including phenoxy) is 2. The third-order valence-corrected chi connectivity index (χ3v) is 5.04. The van der Waals surface area contributed by atoms with Gasteiger partial charge < -0.3 is 14.4 Å². The van der Waals surface area contributed by atoms with Crippen LogP contribution in [0.15, 0.2) is 23.9 Å². The first-order valence-corrected chi connectivity index (χ1v) is 9.63. The largest absolute Gasteiger partial charge is 0.490 e. The minimum Gasteiger partial charge on any atom is -0.490 e. The smallest absolute Gasteiger partial charge is 0.182 e. The zero-order chi connectivity index (χ0) is 17.6. The molecule has 1 aromatic carbocycles. The monoisotopic (exact) mass is 343 g/mol. The molecule has 3 aliphatic heterocycles. The van der Waals surface area contributed by atoms with Crippen molar-refractivity contribution >= 4 is 11.9 Å². The van der Waals surface area contributed by atoms with Crippen LogP contribution in [0.1, 0.15) is 51.5 Å². The summed E-state index contributed by atoms with van der Waals surface area (Å²) in [5, 5.41) is 0. The molecule has 0 amide bonds. The lowest BCUT2D eigenvalue weighted by molar-refractivity contribution is -0.125. The minimum atomic E-state index is 0.226. The molecule has 0 unspecified atom stereocenters. The molecule has 0 spiro atoms. The Labute approximate surface area is 150 Å². The molecule has 3 fully saturated rings. The molecule has 136 valence electrons. The van der Waals surface area contributed by atoms with E-state index in [9.17, 15) is 4.79 Å². The van der Waals surface area contributed by atoms with Gasteiger partial charge in [-0.1, -0.05) is 25.8 Å². The highest BCUT2D eigenvalue weighted by Gasteiger charge is 2.36. The summed E-state index contributed by atoms with van der Waals surface area (Å²) in [6.45, 7) is 7.46. The fourth-order valence-corrected chi connectivity index (χ4v) is 3.60. The number of rotatable bonds is 8. The van der Waals surface area contributed by atoms with Crippen molar-refractivity contribution in [3.63, 3.8) is 0 Å². The molecule has 3 heterocycles. The lowest BCUT2D eigenvalue weighted by Gasteiger charge is -2.41. The number of benzene rings is 1. The number of Topliss-reactive ketones (excluding diaryl/α,β-unsaturated/α-hetero) is 1. The van der Waals surface area contributed by atoms with Crippen molar-refractivity contribution in [2.24, 2.45) is 5.92 Å². The number of carbonyl (C=O) groups is 1. The number of nitrogens with zero attached hydrogens (tertiary/aromatic N) is 1. The van der Waals surface area contributed by atoms with Crippen molar-refractivity contribution in [1.82, 2.24) is 4.90 Å². The molecule has 0 radical (unpaired) electrons. The Hall–Kier alpha value is -1.97. The van der Waals surface area contributed by atoms with Gasteiger partial charge in [-0.15, -0.1) is 0 Å². The normalized spacial score (nSPS) is 18.9. The fourth-order valence-electron chi connectivity index (χ4n) is 3.60. The molecule has 0 atom stereocenters. The molecule has 0 N–H and O–H groups in total. The SMILES string of the molecule is CCCCCOc1ccc(/C=C2/C(=O)C3CCN2CC3)cc1OCC. The standard InChI is InChI=1S/C21H29NO3/c1-3-5-6-13-25-19-8-7-16(15-20(19)24-4-2)14-18-21(23)17-9-11-22(18)12-10-17/h7-8,14-15,17H,3-6,9-13H2,1-2H3/b18-14-. The van der Waals surface area contributed by atoms with E-state index in [1.54, 1.807) is 0 Å². The predicted molar refractivity (Wildman–Crippen MR) is 99.9 cm³/mol. The van der Waals surface area contributed by atoms with Crippen molar-refractivity contribution in [3.8, 4) is 11.5 Å². The van der Waals surface area contributed by atoms with E-state index in [2.05, 4.69) is 11.8 Å². The molecule has 4 nitrogen and oxygen atoms in total.